The van der Waals surface area contributed by atoms with Gasteiger partial charge in [-0.05, 0) is 30.2 Å². The van der Waals surface area contributed by atoms with Gasteiger partial charge in [-0.15, -0.1) is 0 Å². The molecule has 4 amide bonds. The zero-order valence-electron chi connectivity index (χ0n) is 25.5. The monoisotopic (exact) mass is 617 g/mol. The minimum Gasteiger partial charge on any atom is -0.366 e. The second kappa shape index (κ2) is 13.3. The Morgan fingerprint density at radius 2 is 1.82 bits per heavy atom. The molecule has 0 radical (unpaired) electrons. The Bertz CT molecular complexity index is 1490. The molecule has 1 aromatic carbocycles. The second-order valence-electron chi connectivity index (χ2n) is 12.5. The third-order valence-electron chi connectivity index (χ3n) is 8.18. The Balaban J connectivity index is 1.17. The Labute approximate surface area is 258 Å². The number of aromatic nitrogens is 2. The molecule has 2 saturated heterocycles. The van der Waals surface area contributed by atoms with Crippen LogP contribution < -0.4 is 10.6 Å². The summed E-state index contributed by atoms with van der Waals surface area (Å²) in [6, 6.07) is 5.72. The highest BCUT2D eigenvalue weighted by Gasteiger charge is 2.43. The first-order chi connectivity index (χ1) is 21.0. The summed E-state index contributed by atoms with van der Waals surface area (Å²) < 4.78 is 5.71. The van der Waals surface area contributed by atoms with Crippen molar-refractivity contribution < 1.29 is 23.9 Å². The lowest BCUT2D eigenvalue weighted by Gasteiger charge is -2.35. The van der Waals surface area contributed by atoms with E-state index in [2.05, 4.69) is 51.2 Å². The summed E-state index contributed by atoms with van der Waals surface area (Å²) in [6.45, 7) is 11.0. The number of piperidine rings is 1. The van der Waals surface area contributed by atoms with E-state index in [-0.39, 0.29) is 43.0 Å². The quantitative estimate of drug-likeness (QED) is 0.192. The maximum absolute atomic E-state index is 13.4. The molecule has 232 valence electrons. The van der Waals surface area contributed by atoms with Gasteiger partial charge >= 0.3 is 0 Å². The van der Waals surface area contributed by atoms with Crippen molar-refractivity contribution in [3.63, 3.8) is 0 Å². The van der Waals surface area contributed by atoms with Gasteiger partial charge in [0.15, 0.2) is 0 Å². The molecule has 2 fully saturated rings. The van der Waals surface area contributed by atoms with Gasteiger partial charge in [-0.3, -0.25) is 29.0 Å². The van der Waals surface area contributed by atoms with Crippen molar-refractivity contribution in [1.82, 2.24) is 24.7 Å². The number of ether oxygens (including phenoxy) is 1. The lowest BCUT2D eigenvalue weighted by atomic mass is 10.0. The number of anilines is 1. The maximum Gasteiger partial charge on any atom is 0.255 e. The standard InChI is InChI=1S/C31H39N7O5Si/c1-44(2,3)17-16-43-21-38-27(39)10-9-26(30(38)42)37-20-25-22(6-4-8-24(25)29(37)41)7-5-11-35-12-14-36(15-13-35)31-33-18-23(19-34-31)28(32)40/h4,6,8,18-19,26H,9-17,20-21H2,1-3H3,(H2,32,40). The van der Waals surface area contributed by atoms with Crippen LogP contribution >= 0.6 is 0 Å². The Hall–Kier alpha value is -4.12. The molecule has 0 aliphatic carbocycles. The highest BCUT2D eigenvalue weighted by molar-refractivity contribution is 6.76. The Kier molecular flexibility index (Phi) is 9.43. The fourth-order valence-corrected chi connectivity index (χ4v) is 6.22. The summed E-state index contributed by atoms with van der Waals surface area (Å²) in [7, 11) is -1.30. The average Bonchev–Trinajstić information content (AvgIpc) is 3.33. The number of rotatable bonds is 9. The number of imide groups is 1. The van der Waals surface area contributed by atoms with Crippen LogP contribution in [0.25, 0.3) is 0 Å². The van der Waals surface area contributed by atoms with Crippen LogP contribution in [0.3, 0.4) is 0 Å². The topological polar surface area (TPSA) is 142 Å². The molecule has 4 heterocycles. The lowest BCUT2D eigenvalue weighted by Crippen LogP contribution is -2.55. The van der Waals surface area contributed by atoms with Gasteiger partial charge in [0, 0.05) is 77.3 Å². The van der Waals surface area contributed by atoms with Gasteiger partial charge in [0.1, 0.15) is 12.8 Å². The van der Waals surface area contributed by atoms with Gasteiger partial charge in [-0.25, -0.2) is 9.97 Å². The SMILES string of the molecule is C[Si](C)(C)CCOCN1C(=O)CCC(N2Cc3c(C#CCN4CCN(c5ncc(C(N)=O)cn5)CC4)cccc3C2=O)C1=O. The molecule has 0 spiro atoms. The third kappa shape index (κ3) is 7.15. The number of hydrogen-bond donors (Lipinski definition) is 1. The number of benzene rings is 1. The Morgan fingerprint density at radius 1 is 1.09 bits per heavy atom. The minimum absolute atomic E-state index is 0.0762. The largest absolute Gasteiger partial charge is 0.366 e. The van der Waals surface area contributed by atoms with Gasteiger partial charge in [0.25, 0.3) is 17.7 Å². The molecule has 1 aromatic heterocycles. The normalized spacial score (nSPS) is 19.2. The fraction of sp³-hybridized carbons (Fsp3) is 0.484. The van der Waals surface area contributed by atoms with Crippen molar-refractivity contribution in [1.29, 1.82) is 0 Å². The van der Waals surface area contributed by atoms with Gasteiger partial charge < -0.3 is 20.3 Å². The van der Waals surface area contributed by atoms with Crippen LogP contribution in [-0.4, -0.2) is 108 Å². The van der Waals surface area contributed by atoms with E-state index in [4.69, 9.17) is 10.5 Å². The number of nitrogens with two attached hydrogens (primary N) is 1. The number of carbonyl (C=O) groups is 4. The second-order valence-corrected chi connectivity index (χ2v) is 18.1. The summed E-state index contributed by atoms with van der Waals surface area (Å²) in [6.07, 6.45) is 3.38. The summed E-state index contributed by atoms with van der Waals surface area (Å²) in [4.78, 5) is 66.2. The van der Waals surface area contributed by atoms with Crippen LogP contribution in [0.4, 0.5) is 5.95 Å². The number of hydrogen-bond acceptors (Lipinski definition) is 9. The molecule has 1 atom stereocenters. The molecular weight excluding hydrogens is 578 g/mol. The Morgan fingerprint density at radius 3 is 2.50 bits per heavy atom. The highest BCUT2D eigenvalue weighted by atomic mass is 28.3. The summed E-state index contributed by atoms with van der Waals surface area (Å²) >= 11 is 0. The van der Waals surface area contributed by atoms with E-state index in [9.17, 15) is 19.2 Å². The average molecular weight is 618 g/mol. The van der Waals surface area contributed by atoms with E-state index < -0.39 is 20.0 Å². The molecule has 13 heteroatoms. The maximum atomic E-state index is 13.4. The van der Waals surface area contributed by atoms with Gasteiger partial charge in [-0.2, -0.15) is 0 Å². The summed E-state index contributed by atoms with van der Waals surface area (Å²) in [5.41, 5.74) is 7.68. The first kappa shape index (κ1) is 31.3. The van der Waals surface area contributed by atoms with E-state index in [1.165, 1.54) is 12.4 Å². The highest BCUT2D eigenvalue weighted by Crippen LogP contribution is 2.31. The number of likely N-dealkylation sites (tertiary alicyclic amines) is 1. The first-order valence-corrected chi connectivity index (χ1v) is 18.7. The zero-order chi connectivity index (χ0) is 31.4. The number of nitrogens with zero attached hydrogens (tertiary/aromatic N) is 6. The number of carbonyl (C=O) groups excluding carboxylic acids is 4. The van der Waals surface area contributed by atoms with Gasteiger partial charge in [0.2, 0.25) is 11.9 Å². The molecular formula is C31H39N7O5Si. The predicted octanol–water partition coefficient (Wildman–Crippen LogP) is 1.53. The van der Waals surface area contributed by atoms with Crippen molar-refractivity contribution >= 4 is 37.7 Å². The molecule has 3 aliphatic rings. The predicted molar refractivity (Wildman–Crippen MR) is 166 cm³/mol. The van der Waals surface area contributed by atoms with Crippen molar-refractivity contribution in [3.8, 4) is 11.8 Å². The molecule has 1 unspecified atom stereocenters. The van der Waals surface area contributed by atoms with E-state index >= 15 is 0 Å². The molecule has 12 nitrogen and oxygen atoms in total. The van der Waals surface area contributed by atoms with E-state index in [0.29, 0.717) is 31.1 Å². The van der Waals surface area contributed by atoms with Gasteiger partial charge in [0.05, 0.1) is 12.1 Å². The van der Waals surface area contributed by atoms with E-state index in [1.54, 1.807) is 11.0 Å². The fourth-order valence-electron chi connectivity index (χ4n) is 5.47. The molecule has 3 aliphatic heterocycles. The smallest absolute Gasteiger partial charge is 0.255 e. The third-order valence-corrected chi connectivity index (χ3v) is 9.88. The number of primary amides is 1. The molecule has 2 N–H and O–H groups in total. The molecule has 2 aromatic rings. The van der Waals surface area contributed by atoms with Crippen molar-refractivity contribution in [2.45, 2.75) is 51.1 Å². The van der Waals surface area contributed by atoms with Crippen molar-refractivity contribution in [3.05, 3.63) is 52.8 Å². The molecule has 44 heavy (non-hydrogen) atoms. The lowest BCUT2D eigenvalue weighted by molar-refractivity contribution is -0.158. The van der Waals surface area contributed by atoms with Crippen LogP contribution in [-0.2, 0) is 20.9 Å². The number of piperazine rings is 1. The van der Waals surface area contributed by atoms with Crippen LogP contribution in [0.5, 0.6) is 0 Å². The van der Waals surface area contributed by atoms with Crippen LogP contribution in [0, 0.1) is 11.8 Å². The summed E-state index contributed by atoms with van der Waals surface area (Å²) in [5, 5.41) is 0. The van der Waals surface area contributed by atoms with E-state index in [1.807, 2.05) is 12.1 Å². The minimum atomic E-state index is -1.30. The van der Waals surface area contributed by atoms with Crippen LogP contribution in [0.1, 0.15) is 44.7 Å². The zero-order valence-corrected chi connectivity index (χ0v) is 26.5. The van der Waals surface area contributed by atoms with E-state index in [0.717, 1.165) is 48.2 Å². The molecule has 0 saturated carbocycles. The molecule has 5 rings (SSSR count). The summed E-state index contributed by atoms with van der Waals surface area (Å²) in [5.74, 6) is 5.67. The number of amides is 4. The van der Waals surface area contributed by atoms with Crippen LogP contribution in [0.2, 0.25) is 25.7 Å². The molecule has 0 bridgehead atoms. The number of fused-ring (bicyclic) bond motifs is 1. The first-order valence-electron chi connectivity index (χ1n) is 14.9. The van der Waals surface area contributed by atoms with Crippen LogP contribution in [0.15, 0.2) is 30.6 Å². The van der Waals surface area contributed by atoms with Crippen molar-refractivity contribution in [2.24, 2.45) is 5.73 Å². The van der Waals surface area contributed by atoms with Crippen molar-refractivity contribution in [2.75, 3.05) is 51.0 Å². The van der Waals surface area contributed by atoms with Gasteiger partial charge in [-0.1, -0.05) is 37.5 Å².